The van der Waals surface area contributed by atoms with Gasteiger partial charge in [-0.2, -0.15) is 0 Å². The van der Waals surface area contributed by atoms with Crippen LogP contribution in [-0.2, 0) is 0 Å². The minimum Gasteiger partial charge on any atom is -0.368 e. The largest absolute Gasteiger partial charge is 0.368 e. The molecule has 4 nitrogen and oxygen atoms in total. The highest BCUT2D eigenvalue weighted by Gasteiger charge is 2.06. The van der Waals surface area contributed by atoms with E-state index >= 15 is 0 Å². The van der Waals surface area contributed by atoms with E-state index in [0.29, 0.717) is 5.15 Å². The van der Waals surface area contributed by atoms with E-state index in [1.165, 1.54) is 0 Å². The first-order chi connectivity index (χ1) is 10.2. The zero-order valence-electron chi connectivity index (χ0n) is 10.9. The number of nitrogens with zero attached hydrogens (tertiary/aromatic N) is 3. The number of aromatic nitrogens is 3. The maximum atomic E-state index is 6.11. The van der Waals surface area contributed by atoms with Crippen LogP contribution in [0.5, 0.6) is 0 Å². The summed E-state index contributed by atoms with van der Waals surface area (Å²) >= 11 is 7.66. The number of pyridine rings is 1. The molecule has 0 unspecified atom stereocenters. The Labute approximate surface area is 131 Å². The average molecular weight is 315 g/mol. The predicted molar refractivity (Wildman–Crippen MR) is 85.3 cm³/mol. The summed E-state index contributed by atoms with van der Waals surface area (Å²) in [5.41, 5.74) is 7.26. The van der Waals surface area contributed by atoms with E-state index in [9.17, 15) is 0 Å². The van der Waals surface area contributed by atoms with Crippen molar-refractivity contribution in [2.24, 2.45) is 0 Å². The Kier molecular flexibility index (Phi) is 4.03. The van der Waals surface area contributed by atoms with Crippen LogP contribution in [0.15, 0.2) is 64.8 Å². The summed E-state index contributed by atoms with van der Waals surface area (Å²) < 4.78 is 0. The van der Waals surface area contributed by atoms with Gasteiger partial charge in [-0.1, -0.05) is 41.6 Å². The molecule has 1 aromatic carbocycles. The molecule has 0 saturated carbocycles. The number of nitrogens with two attached hydrogens (primary N) is 1. The van der Waals surface area contributed by atoms with E-state index in [-0.39, 0.29) is 5.95 Å². The lowest BCUT2D eigenvalue weighted by Crippen LogP contribution is -1.94. The van der Waals surface area contributed by atoms with Crippen molar-refractivity contribution in [1.82, 2.24) is 15.0 Å². The molecule has 0 aliphatic heterocycles. The molecule has 104 valence electrons. The van der Waals surface area contributed by atoms with E-state index in [4.69, 9.17) is 17.3 Å². The first-order valence-corrected chi connectivity index (χ1v) is 7.38. The molecule has 0 amide bonds. The molecule has 2 aromatic heterocycles. The summed E-state index contributed by atoms with van der Waals surface area (Å²) in [5, 5.41) is 1.25. The maximum Gasteiger partial charge on any atom is 0.219 e. The van der Waals surface area contributed by atoms with Gasteiger partial charge in [-0.05, 0) is 29.8 Å². The Hall–Kier alpha value is -2.11. The summed E-state index contributed by atoms with van der Waals surface area (Å²) in [6.45, 7) is 0. The van der Waals surface area contributed by atoms with Crippen LogP contribution in [0, 0.1) is 0 Å². The first-order valence-electron chi connectivity index (χ1n) is 6.19. The lowest BCUT2D eigenvalue weighted by Gasteiger charge is -2.06. The van der Waals surface area contributed by atoms with E-state index in [2.05, 4.69) is 15.0 Å². The molecular formula is C15H11ClN4S. The Morgan fingerprint density at radius 3 is 2.38 bits per heavy atom. The third kappa shape index (κ3) is 3.51. The molecule has 3 rings (SSSR count). The van der Waals surface area contributed by atoms with Crippen molar-refractivity contribution in [3.05, 3.63) is 60.0 Å². The van der Waals surface area contributed by atoms with Crippen molar-refractivity contribution in [2.75, 3.05) is 5.73 Å². The predicted octanol–water partition coefficient (Wildman–Crippen LogP) is 3.93. The lowest BCUT2D eigenvalue weighted by atomic mass is 10.1. The quantitative estimate of drug-likeness (QED) is 0.742. The molecule has 0 aliphatic carbocycles. The van der Waals surface area contributed by atoms with E-state index in [1.807, 2.05) is 36.4 Å². The van der Waals surface area contributed by atoms with Gasteiger partial charge in [-0.15, -0.1) is 0 Å². The third-order valence-corrected chi connectivity index (χ3v) is 3.86. The minimum atomic E-state index is 0.248. The molecule has 21 heavy (non-hydrogen) atoms. The van der Waals surface area contributed by atoms with Crippen LogP contribution in [0.25, 0.3) is 11.1 Å². The summed E-state index contributed by atoms with van der Waals surface area (Å²) in [4.78, 5) is 13.4. The Morgan fingerprint density at radius 1 is 0.952 bits per heavy atom. The van der Waals surface area contributed by atoms with Gasteiger partial charge in [-0.3, -0.25) is 0 Å². The van der Waals surface area contributed by atoms with Crippen molar-refractivity contribution in [3.8, 4) is 11.1 Å². The Bertz CT molecular complexity index is 747. The van der Waals surface area contributed by atoms with E-state index < -0.39 is 0 Å². The SMILES string of the molecule is Nc1ncc(-c2cc(Cl)nc(Sc3ccccc3)c2)cn1. The molecule has 0 aliphatic rings. The number of hydrogen-bond acceptors (Lipinski definition) is 5. The van der Waals surface area contributed by atoms with Gasteiger partial charge in [0.2, 0.25) is 5.95 Å². The van der Waals surface area contributed by atoms with E-state index in [0.717, 1.165) is 21.0 Å². The normalized spacial score (nSPS) is 10.5. The van der Waals surface area contributed by atoms with Crippen LogP contribution < -0.4 is 5.73 Å². The zero-order chi connectivity index (χ0) is 14.7. The molecule has 3 aromatic rings. The fourth-order valence-electron chi connectivity index (χ4n) is 1.79. The zero-order valence-corrected chi connectivity index (χ0v) is 12.5. The molecule has 0 bridgehead atoms. The number of anilines is 1. The summed E-state index contributed by atoms with van der Waals surface area (Å²) in [5.74, 6) is 0.248. The summed E-state index contributed by atoms with van der Waals surface area (Å²) in [6, 6.07) is 13.7. The van der Waals surface area contributed by atoms with Gasteiger partial charge in [0.05, 0.1) is 0 Å². The number of hydrogen-bond donors (Lipinski definition) is 1. The highest BCUT2D eigenvalue weighted by molar-refractivity contribution is 7.99. The molecule has 0 spiro atoms. The molecule has 0 atom stereocenters. The summed E-state index contributed by atoms with van der Waals surface area (Å²) in [6.07, 6.45) is 3.34. The topological polar surface area (TPSA) is 64.7 Å². The van der Waals surface area contributed by atoms with Gasteiger partial charge in [-0.25, -0.2) is 15.0 Å². The fourth-order valence-corrected chi connectivity index (χ4v) is 2.91. The second-order valence-corrected chi connectivity index (χ2v) is 5.74. The van der Waals surface area contributed by atoms with Crippen molar-refractivity contribution in [2.45, 2.75) is 9.92 Å². The number of nitrogen functional groups attached to an aromatic ring is 1. The standard InChI is InChI=1S/C15H11ClN4S/c16-13-6-10(11-8-18-15(17)19-9-11)7-14(20-13)21-12-4-2-1-3-5-12/h1-9H,(H2,17,18,19). The third-order valence-electron chi connectivity index (χ3n) is 2.74. The van der Waals surface area contributed by atoms with Crippen LogP contribution in [0.3, 0.4) is 0 Å². The van der Waals surface area contributed by atoms with Gasteiger partial charge in [0.15, 0.2) is 0 Å². The summed E-state index contributed by atoms with van der Waals surface area (Å²) in [7, 11) is 0. The monoisotopic (exact) mass is 314 g/mol. The highest BCUT2D eigenvalue weighted by Crippen LogP contribution is 2.31. The van der Waals surface area contributed by atoms with Gasteiger partial charge < -0.3 is 5.73 Å². The van der Waals surface area contributed by atoms with Gasteiger partial charge in [0.1, 0.15) is 10.2 Å². The molecule has 0 saturated heterocycles. The Morgan fingerprint density at radius 2 is 1.67 bits per heavy atom. The number of rotatable bonds is 3. The molecule has 2 N–H and O–H groups in total. The maximum absolute atomic E-state index is 6.11. The highest BCUT2D eigenvalue weighted by atomic mass is 35.5. The van der Waals surface area contributed by atoms with Crippen molar-refractivity contribution >= 4 is 29.3 Å². The minimum absolute atomic E-state index is 0.248. The number of benzene rings is 1. The fraction of sp³-hybridized carbons (Fsp3) is 0. The molecule has 6 heteroatoms. The lowest BCUT2D eigenvalue weighted by molar-refractivity contribution is 1.13. The van der Waals surface area contributed by atoms with Gasteiger partial charge in [0, 0.05) is 22.9 Å². The second kappa shape index (κ2) is 6.11. The van der Waals surface area contributed by atoms with Crippen LogP contribution in [0.1, 0.15) is 0 Å². The molecular weight excluding hydrogens is 304 g/mol. The first kappa shape index (κ1) is 13.9. The molecule has 0 fully saturated rings. The Balaban J connectivity index is 1.94. The number of halogens is 1. The van der Waals surface area contributed by atoms with Crippen LogP contribution in [-0.4, -0.2) is 15.0 Å². The molecule has 0 radical (unpaired) electrons. The van der Waals surface area contributed by atoms with Crippen LogP contribution in [0.4, 0.5) is 5.95 Å². The van der Waals surface area contributed by atoms with Gasteiger partial charge >= 0.3 is 0 Å². The van der Waals surface area contributed by atoms with Crippen molar-refractivity contribution in [1.29, 1.82) is 0 Å². The molecule has 2 heterocycles. The van der Waals surface area contributed by atoms with Crippen molar-refractivity contribution in [3.63, 3.8) is 0 Å². The average Bonchev–Trinajstić information content (AvgIpc) is 2.48. The van der Waals surface area contributed by atoms with E-state index in [1.54, 1.807) is 30.2 Å². The smallest absolute Gasteiger partial charge is 0.219 e. The second-order valence-electron chi connectivity index (χ2n) is 4.26. The van der Waals surface area contributed by atoms with Crippen molar-refractivity contribution < 1.29 is 0 Å². The van der Waals surface area contributed by atoms with Gasteiger partial charge in [0.25, 0.3) is 0 Å². The van der Waals surface area contributed by atoms with Crippen LogP contribution in [0.2, 0.25) is 5.15 Å². The van der Waals surface area contributed by atoms with Crippen LogP contribution >= 0.6 is 23.4 Å².